The van der Waals surface area contributed by atoms with Crippen LogP contribution in [0.3, 0.4) is 0 Å². The van der Waals surface area contributed by atoms with Gasteiger partial charge in [-0.3, -0.25) is 4.79 Å². The summed E-state index contributed by atoms with van der Waals surface area (Å²) in [5, 5.41) is 5.21. The van der Waals surface area contributed by atoms with Crippen molar-refractivity contribution in [3.63, 3.8) is 0 Å². The molecule has 150 valence electrons. The second-order valence-corrected chi connectivity index (χ2v) is 7.90. The van der Waals surface area contributed by atoms with Crippen molar-refractivity contribution in [2.75, 3.05) is 14.2 Å². The monoisotopic (exact) mass is 391 g/mol. The molecule has 1 heterocycles. The number of carbonyl (C=O) groups excluding carboxylic acids is 1. The van der Waals surface area contributed by atoms with E-state index in [1.807, 2.05) is 68.4 Å². The lowest BCUT2D eigenvalue weighted by atomic mass is 9.89. The highest BCUT2D eigenvalue weighted by molar-refractivity contribution is 6.01. The largest absolute Gasteiger partial charge is 0.497 e. The van der Waals surface area contributed by atoms with Crippen molar-refractivity contribution in [3.8, 4) is 17.2 Å². The second-order valence-electron chi connectivity index (χ2n) is 7.90. The van der Waals surface area contributed by atoms with Crippen LogP contribution in [0.2, 0.25) is 0 Å². The van der Waals surface area contributed by atoms with E-state index < -0.39 is 5.60 Å². The van der Waals surface area contributed by atoms with Crippen molar-refractivity contribution in [1.29, 1.82) is 0 Å². The van der Waals surface area contributed by atoms with E-state index in [0.717, 1.165) is 27.8 Å². The number of nitrogens with one attached hydrogen (secondary N) is 1. The van der Waals surface area contributed by atoms with Gasteiger partial charge in [0, 0.05) is 12.0 Å². The standard InChI is InChI=1S/C24H25NO4/c1-24(2)14-20(18-13-17(27-3)9-10-21(18)29-24)25-23(26)19-11-15-7-5-6-8-16(15)12-22(19)28-4/h5-13,20H,14H2,1-4H3,(H,25,26)/t20-/m0/s1. The number of benzene rings is 3. The minimum atomic E-state index is -0.396. The molecule has 0 fully saturated rings. The van der Waals surface area contributed by atoms with Gasteiger partial charge >= 0.3 is 0 Å². The van der Waals surface area contributed by atoms with Crippen LogP contribution in [0.25, 0.3) is 10.8 Å². The molecule has 0 spiro atoms. The fourth-order valence-electron chi connectivity index (χ4n) is 3.89. The van der Waals surface area contributed by atoms with Crippen LogP contribution in [0.15, 0.2) is 54.6 Å². The maximum atomic E-state index is 13.2. The number of ether oxygens (including phenoxy) is 3. The Hall–Kier alpha value is -3.21. The van der Waals surface area contributed by atoms with Crippen LogP contribution in [0.4, 0.5) is 0 Å². The first-order chi connectivity index (χ1) is 13.9. The lowest BCUT2D eigenvalue weighted by molar-refractivity contribution is 0.0617. The van der Waals surface area contributed by atoms with Crippen LogP contribution in [-0.2, 0) is 0 Å². The zero-order valence-corrected chi connectivity index (χ0v) is 17.1. The van der Waals surface area contributed by atoms with Gasteiger partial charge in [0.2, 0.25) is 0 Å². The molecular formula is C24H25NO4. The van der Waals surface area contributed by atoms with Crippen molar-refractivity contribution in [3.05, 3.63) is 65.7 Å². The van der Waals surface area contributed by atoms with Crippen LogP contribution in [0.1, 0.15) is 42.2 Å². The Labute approximate surface area is 170 Å². The summed E-state index contributed by atoms with van der Waals surface area (Å²) in [5.41, 5.74) is 1.03. The molecule has 4 rings (SSSR count). The summed E-state index contributed by atoms with van der Waals surface area (Å²) in [6.45, 7) is 4.05. The molecule has 5 heteroatoms. The van der Waals surface area contributed by atoms with Gasteiger partial charge in [-0.25, -0.2) is 0 Å². The fraction of sp³-hybridized carbons (Fsp3) is 0.292. The van der Waals surface area contributed by atoms with Gasteiger partial charge in [-0.05, 0) is 55.0 Å². The van der Waals surface area contributed by atoms with E-state index in [9.17, 15) is 4.79 Å². The van der Waals surface area contributed by atoms with Crippen LogP contribution >= 0.6 is 0 Å². The SMILES string of the molecule is COc1ccc2c(c1)[C@@H](NC(=O)c1cc3ccccc3cc1OC)CC(C)(C)O2. The molecule has 29 heavy (non-hydrogen) atoms. The van der Waals surface area contributed by atoms with Gasteiger partial charge in [0.25, 0.3) is 5.91 Å². The summed E-state index contributed by atoms with van der Waals surface area (Å²) in [5.74, 6) is 1.87. The first-order valence-electron chi connectivity index (χ1n) is 9.65. The zero-order valence-electron chi connectivity index (χ0n) is 17.1. The van der Waals surface area contributed by atoms with E-state index in [0.29, 0.717) is 17.7 Å². The normalized spacial score (nSPS) is 17.2. The predicted molar refractivity (Wildman–Crippen MR) is 113 cm³/mol. The molecule has 0 saturated heterocycles. The van der Waals surface area contributed by atoms with Gasteiger partial charge in [0.15, 0.2) is 0 Å². The van der Waals surface area contributed by atoms with Gasteiger partial charge in [0.1, 0.15) is 22.8 Å². The smallest absolute Gasteiger partial charge is 0.255 e. The molecule has 0 aliphatic carbocycles. The third-order valence-electron chi connectivity index (χ3n) is 5.29. The number of rotatable bonds is 4. The van der Waals surface area contributed by atoms with Crippen LogP contribution in [-0.4, -0.2) is 25.7 Å². The summed E-state index contributed by atoms with van der Waals surface area (Å²) in [7, 11) is 3.21. The highest BCUT2D eigenvalue weighted by atomic mass is 16.5. The lowest BCUT2D eigenvalue weighted by Gasteiger charge is -2.38. The fourth-order valence-corrected chi connectivity index (χ4v) is 3.89. The van der Waals surface area contributed by atoms with E-state index in [2.05, 4.69) is 5.32 Å². The Morgan fingerprint density at radius 2 is 1.76 bits per heavy atom. The van der Waals surface area contributed by atoms with Gasteiger partial charge in [-0.15, -0.1) is 0 Å². The maximum absolute atomic E-state index is 13.2. The van der Waals surface area contributed by atoms with Crippen LogP contribution < -0.4 is 19.5 Å². The van der Waals surface area contributed by atoms with Crippen molar-refractivity contribution in [2.24, 2.45) is 0 Å². The average Bonchev–Trinajstić information content (AvgIpc) is 2.71. The van der Waals surface area contributed by atoms with E-state index in [1.165, 1.54) is 0 Å². The van der Waals surface area contributed by atoms with Gasteiger partial charge < -0.3 is 19.5 Å². The van der Waals surface area contributed by atoms with Gasteiger partial charge in [-0.2, -0.15) is 0 Å². The average molecular weight is 391 g/mol. The Bertz CT molecular complexity index is 1070. The molecule has 1 amide bonds. The minimum Gasteiger partial charge on any atom is -0.497 e. The Balaban J connectivity index is 1.70. The molecular weight excluding hydrogens is 366 g/mol. The Kier molecular flexibility index (Phi) is 4.82. The number of hydrogen-bond acceptors (Lipinski definition) is 4. The summed E-state index contributed by atoms with van der Waals surface area (Å²) in [6.07, 6.45) is 0.648. The van der Waals surface area contributed by atoms with Gasteiger partial charge in [-0.1, -0.05) is 24.3 Å². The van der Waals surface area contributed by atoms with Crippen molar-refractivity contribution < 1.29 is 19.0 Å². The molecule has 1 aliphatic heterocycles. The predicted octanol–water partition coefficient (Wildman–Crippen LogP) is 4.89. The van der Waals surface area contributed by atoms with E-state index >= 15 is 0 Å². The number of hydrogen-bond donors (Lipinski definition) is 1. The molecule has 1 N–H and O–H groups in total. The zero-order chi connectivity index (χ0) is 20.6. The summed E-state index contributed by atoms with van der Waals surface area (Å²) >= 11 is 0. The number of amides is 1. The molecule has 1 aliphatic rings. The lowest BCUT2D eigenvalue weighted by Crippen LogP contribution is -2.41. The third kappa shape index (κ3) is 3.73. The highest BCUT2D eigenvalue weighted by Gasteiger charge is 2.35. The minimum absolute atomic E-state index is 0.177. The molecule has 0 aromatic heterocycles. The number of methoxy groups -OCH3 is 2. The highest BCUT2D eigenvalue weighted by Crippen LogP contribution is 2.41. The van der Waals surface area contributed by atoms with Crippen molar-refractivity contribution >= 4 is 16.7 Å². The Morgan fingerprint density at radius 1 is 1.03 bits per heavy atom. The molecule has 0 bridgehead atoms. The second kappa shape index (κ2) is 7.32. The first kappa shape index (κ1) is 19.1. The molecule has 1 atom stereocenters. The first-order valence-corrected chi connectivity index (χ1v) is 9.65. The topological polar surface area (TPSA) is 56.8 Å². The molecule has 0 unspecified atom stereocenters. The molecule has 3 aromatic rings. The van der Waals surface area contributed by atoms with E-state index in [-0.39, 0.29) is 11.9 Å². The van der Waals surface area contributed by atoms with E-state index in [1.54, 1.807) is 14.2 Å². The third-order valence-corrected chi connectivity index (χ3v) is 5.29. The van der Waals surface area contributed by atoms with Gasteiger partial charge in [0.05, 0.1) is 25.8 Å². The van der Waals surface area contributed by atoms with Crippen LogP contribution in [0, 0.1) is 0 Å². The van der Waals surface area contributed by atoms with Crippen molar-refractivity contribution in [2.45, 2.75) is 31.9 Å². The maximum Gasteiger partial charge on any atom is 0.255 e. The van der Waals surface area contributed by atoms with Crippen molar-refractivity contribution in [1.82, 2.24) is 5.32 Å². The van der Waals surface area contributed by atoms with E-state index in [4.69, 9.17) is 14.2 Å². The molecule has 0 radical (unpaired) electrons. The quantitative estimate of drug-likeness (QED) is 0.688. The number of carbonyl (C=O) groups is 1. The molecule has 0 saturated carbocycles. The number of fused-ring (bicyclic) bond motifs is 2. The Morgan fingerprint density at radius 3 is 2.45 bits per heavy atom. The summed E-state index contributed by atoms with van der Waals surface area (Å²) in [4.78, 5) is 13.2. The summed E-state index contributed by atoms with van der Waals surface area (Å²) in [6, 6.07) is 17.2. The van der Waals surface area contributed by atoms with Crippen LogP contribution in [0.5, 0.6) is 17.2 Å². The molecule has 3 aromatic carbocycles. The summed E-state index contributed by atoms with van der Waals surface area (Å²) < 4.78 is 17.0. The molecule has 5 nitrogen and oxygen atoms in total.